The van der Waals surface area contributed by atoms with Gasteiger partial charge < -0.3 is 19.6 Å². The number of hydrogen-bond acceptors (Lipinski definition) is 9. The molecule has 9 nitrogen and oxygen atoms in total. The summed E-state index contributed by atoms with van der Waals surface area (Å²) in [4.78, 5) is 31.6. The Morgan fingerprint density at radius 1 is 1.21 bits per heavy atom. The molecule has 1 unspecified atom stereocenters. The lowest BCUT2D eigenvalue weighted by molar-refractivity contribution is -0.139. The van der Waals surface area contributed by atoms with E-state index in [1.54, 1.807) is 51.1 Å². The summed E-state index contributed by atoms with van der Waals surface area (Å²) in [5.41, 5.74) is 2.60. The maximum atomic E-state index is 13.7. The van der Waals surface area contributed by atoms with Gasteiger partial charge in [-0.2, -0.15) is 0 Å². The van der Waals surface area contributed by atoms with Gasteiger partial charge >= 0.3 is 5.97 Å². The van der Waals surface area contributed by atoms with Gasteiger partial charge in [-0.25, -0.2) is 9.79 Å². The normalized spacial score (nSPS) is 15.3. The Labute approximate surface area is 221 Å². The number of benzene rings is 2. The van der Waals surface area contributed by atoms with Crippen LogP contribution < -0.4 is 20.1 Å². The molecule has 1 atom stereocenters. The number of esters is 1. The van der Waals surface area contributed by atoms with Crippen LogP contribution in [-0.2, 0) is 9.53 Å². The lowest BCUT2D eigenvalue weighted by Gasteiger charge is -2.24. The quantitative estimate of drug-likeness (QED) is 0.295. The van der Waals surface area contributed by atoms with Crippen molar-refractivity contribution in [1.29, 1.82) is 0 Å². The summed E-state index contributed by atoms with van der Waals surface area (Å²) < 4.78 is 13.2. The van der Waals surface area contributed by atoms with Crippen molar-refractivity contribution in [2.45, 2.75) is 26.8 Å². The van der Waals surface area contributed by atoms with Crippen LogP contribution in [0.2, 0.25) is 0 Å². The predicted octanol–water partition coefficient (Wildman–Crippen LogP) is 4.06. The highest BCUT2D eigenvalue weighted by Crippen LogP contribution is 2.31. The van der Waals surface area contributed by atoms with Crippen LogP contribution in [0.4, 0.5) is 5.69 Å². The Hall–Kier alpha value is -4.25. The van der Waals surface area contributed by atoms with Crippen molar-refractivity contribution in [1.82, 2.24) is 4.57 Å². The number of aromatic nitrogens is 1. The molecule has 0 bridgehead atoms. The average Bonchev–Trinajstić information content (AvgIpc) is 3.48. The molecule has 0 spiro atoms. The first-order chi connectivity index (χ1) is 18.3. The molecule has 0 radical (unpaired) electrons. The molecular formula is C28H24N3O6S-. The predicted molar refractivity (Wildman–Crippen MR) is 143 cm³/mol. The summed E-state index contributed by atoms with van der Waals surface area (Å²) in [5.74, 6) is 0.382. The minimum atomic E-state index is -0.680. The van der Waals surface area contributed by atoms with Gasteiger partial charge in [-0.05, 0) is 50.1 Å². The number of anilines is 1. The molecule has 194 valence electrons. The van der Waals surface area contributed by atoms with Crippen molar-refractivity contribution in [3.05, 3.63) is 114 Å². The smallest absolute Gasteiger partial charge is 0.338 e. The molecular weight excluding hydrogens is 506 g/mol. The first-order valence-electron chi connectivity index (χ1n) is 11.9. The molecule has 38 heavy (non-hydrogen) atoms. The summed E-state index contributed by atoms with van der Waals surface area (Å²) in [7, 11) is 0. The van der Waals surface area contributed by atoms with Crippen molar-refractivity contribution in [3.8, 4) is 11.3 Å². The van der Waals surface area contributed by atoms with Gasteiger partial charge in [-0.15, -0.1) is 0 Å². The summed E-state index contributed by atoms with van der Waals surface area (Å²) >= 11 is 1.20. The Morgan fingerprint density at radius 3 is 2.68 bits per heavy atom. The van der Waals surface area contributed by atoms with Crippen LogP contribution >= 0.6 is 11.3 Å². The molecule has 0 amide bonds. The SMILES string of the molecule is CCOC(=O)C1=C(C)N=c2s/c(=C\c3ccc(-c4ccc(C)c(N([O-])O)c4)o3)c(=O)n2C1c1ccccc1. The van der Waals surface area contributed by atoms with Crippen LogP contribution in [0.15, 0.2) is 86.1 Å². The minimum Gasteiger partial charge on any atom is -0.733 e. The lowest BCUT2D eigenvalue weighted by Crippen LogP contribution is -2.39. The van der Waals surface area contributed by atoms with E-state index in [0.717, 1.165) is 5.56 Å². The Bertz CT molecular complexity index is 1730. The summed E-state index contributed by atoms with van der Waals surface area (Å²) in [5, 5.41) is 20.6. The van der Waals surface area contributed by atoms with E-state index in [4.69, 9.17) is 9.15 Å². The zero-order valence-electron chi connectivity index (χ0n) is 20.9. The maximum absolute atomic E-state index is 13.7. The largest absolute Gasteiger partial charge is 0.733 e. The van der Waals surface area contributed by atoms with E-state index >= 15 is 0 Å². The summed E-state index contributed by atoms with van der Waals surface area (Å²) in [6.45, 7) is 5.39. The number of aryl methyl sites for hydroxylation is 1. The van der Waals surface area contributed by atoms with Gasteiger partial charge in [-0.3, -0.25) is 14.6 Å². The fourth-order valence-electron chi connectivity index (χ4n) is 4.43. The van der Waals surface area contributed by atoms with Crippen LogP contribution in [0.1, 0.15) is 36.8 Å². The van der Waals surface area contributed by atoms with Crippen LogP contribution in [0.5, 0.6) is 0 Å². The van der Waals surface area contributed by atoms with E-state index in [9.17, 15) is 20.0 Å². The third kappa shape index (κ3) is 4.60. The van der Waals surface area contributed by atoms with Crippen molar-refractivity contribution in [2.75, 3.05) is 11.8 Å². The number of nitrogens with zero attached hydrogens (tertiary/aromatic N) is 3. The van der Waals surface area contributed by atoms with Gasteiger partial charge in [0.1, 0.15) is 11.5 Å². The van der Waals surface area contributed by atoms with Crippen molar-refractivity contribution < 1.29 is 19.2 Å². The van der Waals surface area contributed by atoms with Crippen molar-refractivity contribution in [2.24, 2.45) is 4.99 Å². The third-order valence-electron chi connectivity index (χ3n) is 6.23. The summed E-state index contributed by atoms with van der Waals surface area (Å²) in [6, 6.07) is 17.1. The topological polar surface area (TPSA) is 120 Å². The molecule has 2 aromatic carbocycles. The van der Waals surface area contributed by atoms with Crippen LogP contribution in [-0.4, -0.2) is 22.4 Å². The van der Waals surface area contributed by atoms with Gasteiger partial charge in [0, 0.05) is 11.6 Å². The molecule has 5 rings (SSSR count). The number of carbonyl (C=O) groups is 1. The van der Waals surface area contributed by atoms with E-state index in [2.05, 4.69) is 4.99 Å². The molecule has 1 aliphatic heterocycles. The van der Waals surface area contributed by atoms with Gasteiger partial charge in [-0.1, -0.05) is 53.8 Å². The second-order valence-corrected chi connectivity index (χ2v) is 9.70. The number of allylic oxidation sites excluding steroid dienone is 1. The van der Waals surface area contributed by atoms with E-state index in [1.807, 2.05) is 30.3 Å². The van der Waals surface area contributed by atoms with Gasteiger partial charge in [0.15, 0.2) is 4.80 Å². The Kier molecular flexibility index (Phi) is 6.85. The number of carbonyl (C=O) groups excluding carboxylic acids is 1. The lowest BCUT2D eigenvalue weighted by atomic mass is 9.96. The fraction of sp³-hybridized carbons (Fsp3) is 0.179. The highest BCUT2D eigenvalue weighted by atomic mass is 32.1. The Balaban J connectivity index is 1.60. The molecule has 0 saturated carbocycles. The van der Waals surface area contributed by atoms with Crippen LogP contribution in [0.25, 0.3) is 17.4 Å². The molecule has 3 heterocycles. The molecule has 0 aliphatic carbocycles. The zero-order valence-corrected chi connectivity index (χ0v) is 21.7. The molecule has 0 fully saturated rings. The number of fused-ring (bicyclic) bond motifs is 1. The molecule has 1 aliphatic rings. The van der Waals surface area contributed by atoms with Crippen molar-refractivity contribution in [3.63, 3.8) is 0 Å². The van der Waals surface area contributed by atoms with Crippen LogP contribution in [0.3, 0.4) is 0 Å². The van der Waals surface area contributed by atoms with E-state index < -0.39 is 12.0 Å². The third-order valence-corrected chi connectivity index (χ3v) is 7.22. The molecule has 4 aromatic rings. The van der Waals surface area contributed by atoms with E-state index in [-0.39, 0.29) is 23.1 Å². The number of hydrogen-bond donors (Lipinski definition) is 1. The Morgan fingerprint density at radius 2 is 1.97 bits per heavy atom. The second kappa shape index (κ2) is 10.3. The standard InChI is InChI=1S/C28H24N3O6S/c1-4-36-27(33)24-17(3)29-28-30(25(24)18-8-6-5-7-9-18)26(32)23(38-28)15-20-12-13-22(37-20)19-11-10-16(2)21(14-19)31(34)35/h5-15,25,34H,4H2,1-3H3/q-1/b23-15-. The van der Waals surface area contributed by atoms with E-state index in [1.165, 1.54) is 22.0 Å². The summed E-state index contributed by atoms with van der Waals surface area (Å²) in [6.07, 6.45) is 1.62. The average molecular weight is 531 g/mol. The van der Waals surface area contributed by atoms with E-state index in [0.29, 0.717) is 43.3 Å². The fourth-order valence-corrected chi connectivity index (χ4v) is 5.45. The van der Waals surface area contributed by atoms with Crippen LogP contribution in [0, 0.1) is 12.1 Å². The molecule has 2 aromatic heterocycles. The number of rotatable bonds is 6. The number of furan rings is 1. The first-order valence-corrected chi connectivity index (χ1v) is 12.7. The number of ether oxygens (including phenoxy) is 1. The minimum absolute atomic E-state index is 0.113. The second-order valence-electron chi connectivity index (χ2n) is 8.69. The first kappa shape index (κ1) is 25.4. The van der Waals surface area contributed by atoms with Crippen molar-refractivity contribution >= 4 is 29.1 Å². The molecule has 0 saturated heterocycles. The monoisotopic (exact) mass is 530 g/mol. The molecule has 10 heteroatoms. The zero-order chi connectivity index (χ0) is 27.0. The molecule has 1 N–H and O–H groups in total. The number of thiazole rings is 1. The highest BCUT2D eigenvalue weighted by Gasteiger charge is 2.33. The maximum Gasteiger partial charge on any atom is 0.338 e. The van der Waals surface area contributed by atoms with Gasteiger partial charge in [0.05, 0.1) is 34.1 Å². The highest BCUT2D eigenvalue weighted by molar-refractivity contribution is 7.07. The van der Waals surface area contributed by atoms with Gasteiger partial charge in [0.2, 0.25) is 0 Å². The van der Waals surface area contributed by atoms with Gasteiger partial charge in [0.25, 0.3) is 5.56 Å².